The number of esters is 1. The zero-order valence-corrected chi connectivity index (χ0v) is 41.2. The lowest BCUT2D eigenvalue weighted by molar-refractivity contribution is -0.309. The Morgan fingerprint density at radius 1 is 0.589 bits per heavy atom. The third-order valence-electron chi connectivity index (χ3n) is 12.0. The molecule has 0 radical (unpaired) electrons. The first-order valence-electron chi connectivity index (χ1n) is 24.4. The van der Waals surface area contributed by atoms with E-state index in [9.17, 15) is 15.1 Å². The van der Waals surface area contributed by atoms with Gasteiger partial charge in [-0.2, -0.15) is 0 Å². The molecule has 8 atom stereocenters. The summed E-state index contributed by atoms with van der Waals surface area (Å²) >= 11 is 0. The maximum atomic E-state index is 13.2. The van der Waals surface area contributed by atoms with Crippen molar-refractivity contribution in [2.75, 3.05) is 26.9 Å². The van der Waals surface area contributed by atoms with Gasteiger partial charge in [0, 0.05) is 11.3 Å². The van der Waals surface area contributed by atoms with Crippen LogP contribution in [0.2, 0.25) is 0 Å². The fourth-order valence-corrected chi connectivity index (χ4v) is 8.11. The van der Waals surface area contributed by atoms with Crippen LogP contribution < -0.4 is 9.47 Å². The first-order chi connectivity index (χ1) is 35.8. The van der Waals surface area contributed by atoms with Crippen molar-refractivity contribution in [3.05, 3.63) is 214 Å². The monoisotopic (exact) mass is 993 g/mol. The fraction of sp³-hybridized carbons (Fsp3) is 0.345. The Bertz CT molecular complexity index is 2560. The summed E-state index contributed by atoms with van der Waals surface area (Å²) in [6.45, 7) is 1.76. The van der Waals surface area contributed by atoms with Crippen LogP contribution in [0.1, 0.15) is 47.6 Å². The molecule has 0 spiro atoms. The van der Waals surface area contributed by atoms with Crippen molar-refractivity contribution in [1.82, 2.24) is 0 Å². The molecule has 0 amide bonds. The molecule has 0 aliphatic carbocycles. The number of rotatable bonds is 30. The smallest absolute Gasteiger partial charge is 0.306 e. The number of methoxy groups -OCH3 is 1. The second-order valence-corrected chi connectivity index (χ2v) is 17.4. The first kappa shape index (κ1) is 53.9. The van der Waals surface area contributed by atoms with Gasteiger partial charge in [-0.25, -0.2) is 0 Å². The van der Waals surface area contributed by atoms with Crippen LogP contribution in [0.4, 0.5) is 0 Å². The summed E-state index contributed by atoms with van der Waals surface area (Å²) in [6, 6.07) is 54.1. The van der Waals surface area contributed by atoms with Crippen molar-refractivity contribution in [3.63, 3.8) is 0 Å². The van der Waals surface area contributed by atoms with Crippen molar-refractivity contribution >= 4 is 11.8 Å². The lowest BCUT2D eigenvalue weighted by Gasteiger charge is -2.46. The third kappa shape index (κ3) is 17.7. The molecule has 1 heterocycles. The molecule has 382 valence electrons. The number of carbonyl (C=O) groups is 2. The first-order valence-corrected chi connectivity index (χ1v) is 24.4. The van der Waals surface area contributed by atoms with Gasteiger partial charge >= 0.3 is 5.97 Å². The minimum Gasteiger partial charge on any atom is -0.497 e. The molecule has 3 unspecified atom stereocenters. The second kappa shape index (κ2) is 29.6. The van der Waals surface area contributed by atoms with Crippen LogP contribution in [0.25, 0.3) is 10.4 Å². The van der Waals surface area contributed by atoms with E-state index in [-0.39, 0.29) is 71.5 Å². The average Bonchev–Trinajstić information content (AvgIpc) is 3.43. The average molecular weight is 994 g/mol. The summed E-state index contributed by atoms with van der Waals surface area (Å²) < 4.78 is 65.5. The molecule has 0 bridgehead atoms. The highest BCUT2D eigenvalue weighted by Crippen LogP contribution is 2.33. The van der Waals surface area contributed by atoms with E-state index < -0.39 is 54.9 Å². The quantitative estimate of drug-likeness (QED) is 0.0181. The Hall–Kier alpha value is -6.91. The topological polar surface area (TPSA) is 175 Å². The molecule has 0 N–H and O–H groups in total. The standard InChI is InChI=1S/C58H63N3O12/c1-42(62)28-33-53(63)68-40-50(67-35-44-20-10-4-11-21-44)55(69-36-45-22-12-5-13-23-45)52(41-66-49-31-29-48(64-2)30-32-49)73-58-54(60-61-59)57(71-38-47-26-16-7-17-27-47)56(70-37-46-24-14-6-15-25-46)51(72-58)39-65-34-43-18-8-3-9-19-43/h3-27,29-32,50-52,54-58H,28,33-41H2,1-2H3/t50?,51-,52?,54-,55?,56-,57-,58+/m1/s1. The fourth-order valence-electron chi connectivity index (χ4n) is 8.11. The van der Waals surface area contributed by atoms with Crippen LogP contribution in [0.15, 0.2) is 181 Å². The van der Waals surface area contributed by atoms with E-state index in [1.54, 1.807) is 31.4 Å². The lowest BCUT2D eigenvalue weighted by Crippen LogP contribution is -2.62. The summed E-state index contributed by atoms with van der Waals surface area (Å²) in [5.41, 5.74) is 14.8. The Balaban J connectivity index is 1.29. The zero-order chi connectivity index (χ0) is 50.9. The zero-order valence-electron chi connectivity index (χ0n) is 41.2. The van der Waals surface area contributed by atoms with Crippen molar-refractivity contribution in [3.8, 4) is 11.5 Å². The largest absolute Gasteiger partial charge is 0.497 e. The van der Waals surface area contributed by atoms with Gasteiger partial charge in [-0.15, -0.1) is 0 Å². The predicted octanol–water partition coefficient (Wildman–Crippen LogP) is 10.3. The van der Waals surface area contributed by atoms with Crippen LogP contribution in [-0.2, 0) is 80.5 Å². The number of hydrogen-bond acceptors (Lipinski definition) is 13. The van der Waals surface area contributed by atoms with Crippen molar-refractivity contribution in [2.45, 2.75) is 102 Å². The van der Waals surface area contributed by atoms with Gasteiger partial charge in [0.2, 0.25) is 0 Å². The van der Waals surface area contributed by atoms with Crippen LogP contribution >= 0.6 is 0 Å². The van der Waals surface area contributed by atoms with Crippen molar-refractivity contribution in [2.24, 2.45) is 5.11 Å². The highest BCUT2D eigenvalue weighted by atomic mass is 16.7. The minimum atomic E-state index is -1.33. The van der Waals surface area contributed by atoms with E-state index in [1.165, 1.54) is 6.92 Å². The summed E-state index contributed by atoms with van der Waals surface area (Å²) in [5, 5.41) is 4.35. The Labute approximate surface area is 426 Å². The van der Waals surface area contributed by atoms with Gasteiger partial charge in [-0.1, -0.05) is 157 Å². The van der Waals surface area contributed by atoms with Crippen LogP contribution in [0.3, 0.4) is 0 Å². The molecule has 15 nitrogen and oxygen atoms in total. The molecule has 0 saturated carbocycles. The van der Waals surface area contributed by atoms with E-state index in [0.29, 0.717) is 11.5 Å². The molecule has 7 rings (SSSR count). The van der Waals surface area contributed by atoms with E-state index in [1.807, 2.05) is 152 Å². The molecule has 0 aromatic heterocycles. The summed E-state index contributed by atoms with van der Waals surface area (Å²) in [4.78, 5) is 28.5. The highest BCUT2D eigenvalue weighted by Gasteiger charge is 2.50. The third-order valence-corrected chi connectivity index (χ3v) is 12.0. The molecular weight excluding hydrogens is 931 g/mol. The Kier molecular flexibility index (Phi) is 21.8. The van der Waals surface area contributed by atoms with E-state index in [0.717, 1.165) is 27.8 Å². The lowest BCUT2D eigenvalue weighted by atomic mass is 9.96. The molecule has 6 aromatic rings. The maximum Gasteiger partial charge on any atom is 0.306 e. The maximum absolute atomic E-state index is 13.2. The highest BCUT2D eigenvalue weighted by molar-refractivity contribution is 5.81. The molecular formula is C58H63N3O12. The van der Waals surface area contributed by atoms with Gasteiger partial charge in [0.25, 0.3) is 0 Å². The molecule has 1 aliphatic heterocycles. The molecule has 1 fully saturated rings. The van der Waals surface area contributed by atoms with Gasteiger partial charge in [-0.05, 0) is 64.5 Å². The Morgan fingerprint density at radius 3 is 1.60 bits per heavy atom. The van der Waals surface area contributed by atoms with Crippen molar-refractivity contribution in [1.29, 1.82) is 0 Å². The van der Waals surface area contributed by atoms with E-state index >= 15 is 0 Å². The number of ketones is 1. The number of Topliss-reactive ketones (excluding diaryl/α,β-unsaturated/α-hetero) is 1. The van der Waals surface area contributed by atoms with Gasteiger partial charge < -0.3 is 52.2 Å². The normalized spacial score (nSPS) is 18.6. The number of carbonyl (C=O) groups excluding carboxylic acids is 2. The van der Waals surface area contributed by atoms with Gasteiger partial charge in [0.15, 0.2) is 6.29 Å². The molecule has 1 saturated heterocycles. The van der Waals surface area contributed by atoms with Crippen molar-refractivity contribution < 1.29 is 57.0 Å². The number of azide groups is 1. The summed E-state index contributed by atoms with van der Waals surface area (Å²) in [7, 11) is 1.58. The predicted molar refractivity (Wildman–Crippen MR) is 272 cm³/mol. The molecule has 1 aliphatic rings. The number of nitrogens with zero attached hydrogens (tertiary/aromatic N) is 3. The van der Waals surface area contributed by atoms with Gasteiger partial charge in [-0.3, -0.25) is 4.79 Å². The van der Waals surface area contributed by atoms with Gasteiger partial charge in [0.05, 0.1) is 53.2 Å². The second-order valence-electron chi connectivity index (χ2n) is 17.4. The SMILES string of the molecule is COc1ccc(OCC(O[C@@H]2O[C@H](COCc3ccccc3)[C@@H](OCc3ccccc3)[C@H](OCc3ccccc3)[C@H]2N=[N+]=[N-])C(OCc2ccccc2)C(COC(=O)CCC(C)=O)OCc2ccccc2)cc1. The number of ether oxygens (including phenoxy) is 10. The van der Waals surface area contributed by atoms with E-state index in [4.69, 9.17) is 47.4 Å². The number of benzene rings is 6. The molecule has 6 aromatic carbocycles. The van der Waals surface area contributed by atoms with Crippen LogP contribution in [0, 0.1) is 0 Å². The Morgan fingerprint density at radius 2 is 1.08 bits per heavy atom. The van der Waals surface area contributed by atoms with Gasteiger partial charge in [0.1, 0.15) is 73.2 Å². The summed E-state index contributed by atoms with van der Waals surface area (Å²) in [5.74, 6) is 0.376. The van der Waals surface area contributed by atoms with E-state index in [2.05, 4.69) is 10.0 Å². The molecule has 15 heteroatoms. The number of hydrogen-bond donors (Lipinski definition) is 0. The molecule has 73 heavy (non-hydrogen) atoms. The van der Waals surface area contributed by atoms with Crippen LogP contribution in [0.5, 0.6) is 11.5 Å². The summed E-state index contributed by atoms with van der Waals surface area (Å²) in [6.07, 6.45) is -7.26. The minimum absolute atomic E-state index is 0.0172. The van der Waals surface area contributed by atoms with Crippen LogP contribution in [-0.4, -0.2) is 87.6 Å².